The highest BCUT2D eigenvalue weighted by molar-refractivity contribution is 6.25. The standard InChI is InChI=1S/C20H16/c1-2-14-11-12-19-17-9-4-3-7-15(17)16-8-5-6-10-18(16)20(19)13-14/h3-13H,2H2,1H3. The summed E-state index contributed by atoms with van der Waals surface area (Å²) in [4.78, 5) is 0. The van der Waals surface area contributed by atoms with Gasteiger partial charge in [-0.1, -0.05) is 73.7 Å². The van der Waals surface area contributed by atoms with E-state index in [0.717, 1.165) is 6.42 Å². The summed E-state index contributed by atoms with van der Waals surface area (Å²) in [5.41, 5.74) is 1.40. The first-order chi connectivity index (χ1) is 9.88. The zero-order valence-electron chi connectivity index (χ0n) is 11.6. The highest BCUT2D eigenvalue weighted by Crippen LogP contribution is 2.35. The van der Waals surface area contributed by atoms with Crippen molar-refractivity contribution in [3.63, 3.8) is 0 Å². The highest BCUT2D eigenvalue weighted by Gasteiger charge is 2.07. The second-order valence-electron chi connectivity index (χ2n) is 5.32. The lowest BCUT2D eigenvalue weighted by Crippen LogP contribution is -1.85. The molecule has 0 radical (unpaired) electrons. The van der Waals surface area contributed by atoms with Crippen LogP contribution < -0.4 is 0 Å². The SMILES string of the molecule is CCc1ccc2c3ccccc3c3ccccc3c2c1. The smallest absolute Gasteiger partial charge is 0.00962 e. The number of benzene rings is 4. The number of fused-ring (bicyclic) bond motifs is 6. The minimum Gasteiger partial charge on any atom is -0.0616 e. The van der Waals surface area contributed by atoms with E-state index in [1.54, 1.807) is 0 Å². The summed E-state index contributed by atoms with van der Waals surface area (Å²) in [5.74, 6) is 0. The van der Waals surface area contributed by atoms with E-state index in [1.165, 1.54) is 37.9 Å². The summed E-state index contributed by atoms with van der Waals surface area (Å²) in [5, 5.41) is 8.14. The maximum Gasteiger partial charge on any atom is -0.00962 e. The molecule has 4 aromatic rings. The van der Waals surface area contributed by atoms with Crippen LogP contribution in [0, 0.1) is 0 Å². The van der Waals surface area contributed by atoms with Crippen molar-refractivity contribution in [3.8, 4) is 0 Å². The molecule has 0 aromatic heterocycles. The molecule has 0 saturated heterocycles. The van der Waals surface area contributed by atoms with Gasteiger partial charge in [-0.15, -0.1) is 0 Å². The molecule has 0 spiro atoms. The van der Waals surface area contributed by atoms with Gasteiger partial charge >= 0.3 is 0 Å². The van der Waals surface area contributed by atoms with Crippen LogP contribution in [-0.4, -0.2) is 0 Å². The monoisotopic (exact) mass is 256 g/mol. The van der Waals surface area contributed by atoms with E-state index in [9.17, 15) is 0 Å². The Bertz CT molecular complexity index is 897. The Morgan fingerprint density at radius 1 is 0.550 bits per heavy atom. The van der Waals surface area contributed by atoms with Gasteiger partial charge in [0, 0.05) is 0 Å². The molecule has 96 valence electrons. The molecular weight excluding hydrogens is 240 g/mol. The van der Waals surface area contributed by atoms with Crippen LogP contribution in [0.4, 0.5) is 0 Å². The van der Waals surface area contributed by atoms with Gasteiger partial charge < -0.3 is 0 Å². The summed E-state index contributed by atoms with van der Waals surface area (Å²) >= 11 is 0. The Hall–Kier alpha value is -2.34. The number of rotatable bonds is 1. The summed E-state index contributed by atoms with van der Waals surface area (Å²) < 4.78 is 0. The predicted molar refractivity (Wildman–Crippen MR) is 88.3 cm³/mol. The van der Waals surface area contributed by atoms with Gasteiger partial charge in [-0.25, -0.2) is 0 Å². The van der Waals surface area contributed by atoms with Gasteiger partial charge in [0.2, 0.25) is 0 Å². The minimum atomic E-state index is 1.08. The van der Waals surface area contributed by atoms with Gasteiger partial charge in [-0.3, -0.25) is 0 Å². The van der Waals surface area contributed by atoms with E-state index < -0.39 is 0 Å². The predicted octanol–water partition coefficient (Wildman–Crippen LogP) is 5.71. The zero-order valence-corrected chi connectivity index (χ0v) is 11.6. The van der Waals surface area contributed by atoms with Gasteiger partial charge in [-0.05, 0) is 44.3 Å². The molecule has 0 atom stereocenters. The Kier molecular flexibility index (Phi) is 2.50. The molecule has 0 fully saturated rings. The Morgan fingerprint density at radius 3 is 1.50 bits per heavy atom. The topological polar surface area (TPSA) is 0 Å². The van der Waals surface area contributed by atoms with Crippen LogP contribution in [0.1, 0.15) is 12.5 Å². The second-order valence-corrected chi connectivity index (χ2v) is 5.32. The van der Waals surface area contributed by atoms with E-state index in [0.29, 0.717) is 0 Å². The van der Waals surface area contributed by atoms with E-state index in [-0.39, 0.29) is 0 Å². The van der Waals surface area contributed by atoms with Gasteiger partial charge in [0.05, 0.1) is 0 Å². The van der Waals surface area contributed by atoms with Crippen molar-refractivity contribution in [1.82, 2.24) is 0 Å². The molecule has 0 bridgehead atoms. The number of aryl methyl sites for hydroxylation is 1. The maximum atomic E-state index is 2.35. The highest BCUT2D eigenvalue weighted by atomic mass is 14.1. The van der Waals surface area contributed by atoms with E-state index in [1.807, 2.05) is 0 Å². The minimum absolute atomic E-state index is 1.08. The largest absolute Gasteiger partial charge is 0.0616 e. The van der Waals surface area contributed by atoms with Gasteiger partial charge in [0.15, 0.2) is 0 Å². The van der Waals surface area contributed by atoms with Crippen LogP contribution in [0.3, 0.4) is 0 Å². The lowest BCUT2D eigenvalue weighted by atomic mass is 9.93. The van der Waals surface area contributed by atoms with E-state index >= 15 is 0 Å². The fraction of sp³-hybridized carbons (Fsp3) is 0.100. The molecule has 0 nitrogen and oxygen atoms in total. The number of hydrogen-bond acceptors (Lipinski definition) is 0. The molecule has 0 saturated carbocycles. The fourth-order valence-electron chi connectivity index (χ4n) is 3.17. The molecule has 0 aliphatic rings. The zero-order chi connectivity index (χ0) is 13.5. The molecule has 0 unspecified atom stereocenters. The third kappa shape index (κ3) is 1.55. The molecule has 0 aliphatic carbocycles. The molecule has 0 aliphatic heterocycles. The molecule has 0 N–H and O–H groups in total. The quantitative estimate of drug-likeness (QED) is 0.383. The molecule has 4 rings (SSSR count). The molecule has 0 heteroatoms. The summed E-state index contributed by atoms with van der Waals surface area (Å²) in [7, 11) is 0. The summed E-state index contributed by atoms with van der Waals surface area (Å²) in [6.45, 7) is 2.21. The molecule has 20 heavy (non-hydrogen) atoms. The average Bonchev–Trinajstić information content (AvgIpc) is 2.54. The maximum absolute atomic E-state index is 2.35. The van der Waals surface area contributed by atoms with Crippen LogP contribution in [0.15, 0.2) is 66.7 Å². The second kappa shape index (κ2) is 4.35. The third-order valence-corrected chi connectivity index (χ3v) is 4.22. The summed E-state index contributed by atoms with van der Waals surface area (Å²) in [6, 6.07) is 24.3. The lowest BCUT2D eigenvalue weighted by Gasteiger charge is -2.11. The molecular formula is C20H16. The van der Waals surface area contributed by atoms with Gasteiger partial charge in [-0.2, -0.15) is 0 Å². The van der Waals surface area contributed by atoms with Gasteiger partial charge in [0.1, 0.15) is 0 Å². The Morgan fingerprint density at radius 2 is 1.00 bits per heavy atom. The van der Waals surface area contributed by atoms with Crippen molar-refractivity contribution in [2.45, 2.75) is 13.3 Å². The lowest BCUT2D eigenvalue weighted by molar-refractivity contribution is 1.15. The van der Waals surface area contributed by atoms with Crippen molar-refractivity contribution in [1.29, 1.82) is 0 Å². The van der Waals surface area contributed by atoms with Crippen LogP contribution in [0.5, 0.6) is 0 Å². The molecule has 4 aromatic carbocycles. The van der Waals surface area contributed by atoms with Crippen molar-refractivity contribution in [3.05, 3.63) is 72.3 Å². The summed E-state index contributed by atoms with van der Waals surface area (Å²) in [6.07, 6.45) is 1.08. The van der Waals surface area contributed by atoms with E-state index in [4.69, 9.17) is 0 Å². The first kappa shape index (κ1) is 11.5. The van der Waals surface area contributed by atoms with Gasteiger partial charge in [0.25, 0.3) is 0 Å². The normalized spacial score (nSPS) is 11.4. The van der Waals surface area contributed by atoms with E-state index in [2.05, 4.69) is 73.7 Å². The number of hydrogen-bond donors (Lipinski definition) is 0. The van der Waals surface area contributed by atoms with Crippen LogP contribution in [0.25, 0.3) is 32.3 Å². The Labute approximate surface area is 118 Å². The van der Waals surface area contributed by atoms with Crippen molar-refractivity contribution >= 4 is 32.3 Å². The first-order valence-corrected chi connectivity index (χ1v) is 7.20. The van der Waals surface area contributed by atoms with Crippen LogP contribution in [0.2, 0.25) is 0 Å². The first-order valence-electron chi connectivity index (χ1n) is 7.20. The van der Waals surface area contributed by atoms with Crippen LogP contribution in [-0.2, 0) is 6.42 Å². The van der Waals surface area contributed by atoms with Crippen molar-refractivity contribution in [2.75, 3.05) is 0 Å². The Balaban J connectivity index is 2.35. The van der Waals surface area contributed by atoms with Crippen molar-refractivity contribution < 1.29 is 0 Å². The average molecular weight is 256 g/mol. The fourth-order valence-corrected chi connectivity index (χ4v) is 3.17. The van der Waals surface area contributed by atoms with Crippen molar-refractivity contribution in [2.24, 2.45) is 0 Å². The molecule has 0 heterocycles. The molecule has 0 amide bonds. The third-order valence-electron chi connectivity index (χ3n) is 4.22. The van der Waals surface area contributed by atoms with Crippen LogP contribution >= 0.6 is 0 Å².